The van der Waals surface area contributed by atoms with E-state index >= 15 is 0 Å². The molecule has 0 unspecified atom stereocenters. The molecular weight excluding hydrogens is 404 g/mol. The largest absolute Gasteiger partial charge is 0.506 e. The molecule has 0 heterocycles. The first-order valence-corrected chi connectivity index (χ1v) is 7.63. The zero-order chi connectivity index (χ0) is 15.6. The Balaban J connectivity index is 2.13. The normalized spacial score (nSPS) is 10.4. The smallest absolute Gasteiger partial charge is 0.272 e. The SMILES string of the molecule is Cc1cc(NCc2cc(Br)c(O)c(Br)c2)ccc1[N+](=O)[O-]. The fourth-order valence-corrected chi connectivity index (χ4v) is 3.18. The first kappa shape index (κ1) is 15.8. The third-order valence-electron chi connectivity index (χ3n) is 2.97. The van der Waals surface area contributed by atoms with Gasteiger partial charge in [-0.2, -0.15) is 0 Å². The molecule has 7 heteroatoms. The highest BCUT2D eigenvalue weighted by Gasteiger charge is 2.10. The van der Waals surface area contributed by atoms with Crippen molar-refractivity contribution in [1.82, 2.24) is 0 Å². The first-order chi connectivity index (χ1) is 9.88. The van der Waals surface area contributed by atoms with Crippen LogP contribution in [0.15, 0.2) is 39.3 Å². The minimum atomic E-state index is -0.396. The van der Waals surface area contributed by atoms with Gasteiger partial charge in [-0.05, 0) is 68.6 Å². The second-order valence-corrected chi connectivity index (χ2v) is 6.23. The van der Waals surface area contributed by atoms with E-state index < -0.39 is 4.92 Å². The molecule has 0 atom stereocenters. The first-order valence-electron chi connectivity index (χ1n) is 6.04. The third kappa shape index (κ3) is 3.74. The quantitative estimate of drug-likeness (QED) is 0.558. The van der Waals surface area contributed by atoms with Gasteiger partial charge < -0.3 is 10.4 Å². The van der Waals surface area contributed by atoms with Crippen LogP contribution in [0.1, 0.15) is 11.1 Å². The number of nitrogens with one attached hydrogen (secondary N) is 1. The molecule has 0 aromatic heterocycles. The van der Waals surface area contributed by atoms with Crippen molar-refractivity contribution >= 4 is 43.2 Å². The topological polar surface area (TPSA) is 75.4 Å². The average molecular weight is 416 g/mol. The van der Waals surface area contributed by atoms with Crippen LogP contribution in [0.3, 0.4) is 0 Å². The number of aromatic hydroxyl groups is 1. The van der Waals surface area contributed by atoms with Gasteiger partial charge in [-0.1, -0.05) is 0 Å². The summed E-state index contributed by atoms with van der Waals surface area (Å²) in [7, 11) is 0. The van der Waals surface area contributed by atoms with Crippen LogP contribution in [0.2, 0.25) is 0 Å². The second kappa shape index (κ2) is 6.44. The molecule has 2 aromatic carbocycles. The fourth-order valence-electron chi connectivity index (χ4n) is 1.89. The number of nitro benzene ring substituents is 1. The number of rotatable bonds is 4. The lowest BCUT2D eigenvalue weighted by Gasteiger charge is -2.09. The van der Waals surface area contributed by atoms with Gasteiger partial charge in [-0.15, -0.1) is 0 Å². The molecule has 0 saturated heterocycles. The van der Waals surface area contributed by atoms with E-state index in [9.17, 15) is 15.2 Å². The van der Waals surface area contributed by atoms with Crippen molar-refractivity contribution in [2.75, 3.05) is 5.32 Å². The Morgan fingerprint density at radius 1 is 1.24 bits per heavy atom. The van der Waals surface area contributed by atoms with E-state index in [4.69, 9.17) is 0 Å². The number of anilines is 1. The minimum Gasteiger partial charge on any atom is -0.506 e. The molecule has 0 amide bonds. The molecule has 0 spiro atoms. The summed E-state index contributed by atoms with van der Waals surface area (Å²) in [6.45, 7) is 2.24. The number of nitrogens with zero attached hydrogens (tertiary/aromatic N) is 1. The number of phenols is 1. The fraction of sp³-hybridized carbons (Fsp3) is 0.143. The lowest BCUT2D eigenvalue weighted by molar-refractivity contribution is -0.385. The molecule has 0 saturated carbocycles. The Morgan fingerprint density at radius 2 is 1.86 bits per heavy atom. The summed E-state index contributed by atoms with van der Waals surface area (Å²) in [6, 6.07) is 8.52. The average Bonchev–Trinajstić information content (AvgIpc) is 2.42. The van der Waals surface area contributed by atoms with E-state index in [-0.39, 0.29) is 11.4 Å². The highest BCUT2D eigenvalue weighted by molar-refractivity contribution is 9.11. The molecule has 2 aromatic rings. The van der Waals surface area contributed by atoms with Crippen LogP contribution >= 0.6 is 31.9 Å². The second-order valence-electron chi connectivity index (χ2n) is 4.52. The summed E-state index contributed by atoms with van der Waals surface area (Å²) in [4.78, 5) is 10.4. The van der Waals surface area contributed by atoms with Crippen molar-refractivity contribution in [3.8, 4) is 5.75 Å². The van der Waals surface area contributed by atoms with Crippen LogP contribution in [-0.2, 0) is 6.54 Å². The number of nitro groups is 1. The van der Waals surface area contributed by atoms with Crippen molar-refractivity contribution in [3.63, 3.8) is 0 Å². The molecule has 5 nitrogen and oxygen atoms in total. The number of hydrogen-bond donors (Lipinski definition) is 2. The number of aryl methyl sites for hydroxylation is 1. The van der Waals surface area contributed by atoms with Gasteiger partial charge in [0.1, 0.15) is 5.75 Å². The van der Waals surface area contributed by atoms with E-state index in [2.05, 4.69) is 37.2 Å². The summed E-state index contributed by atoms with van der Waals surface area (Å²) in [6.07, 6.45) is 0. The van der Waals surface area contributed by atoms with E-state index in [0.717, 1.165) is 11.3 Å². The highest BCUT2D eigenvalue weighted by Crippen LogP contribution is 2.33. The van der Waals surface area contributed by atoms with Crippen molar-refractivity contribution in [3.05, 3.63) is 60.5 Å². The van der Waals surface area contributed by atoms with Crippen LogP contribution in [0.25, 0.3) is 0 Å². The maximum absolute atomic E-state index is 10.8. The van der Waals surface area contributed by atoms with Crippen molar-refractivity contribution in [2.24, 2.45) is 0 Å². The van der Waals surface area contributed by atoms with Crippen LogP contribution < -0.4 is 5.32 Å². The molecule has 0 fully saturated rings. The Kier molecular flexibility index (Phi) is 4.84. The number of halogens is 2. The van der Waals surface area contributed by atoms with Crippen molar-refractivity contribution in [2.45, 2.75) is 13.5 Å². The zero-order valence-electron chi connectivity index (χ0n) is 11.1. The predicted molar refractivity (Wildman–Crippen MR) is 88.7 cm³/mol. The molecule has 21 heavy (non-hydrogen) atoms. The molecule has 0 bridgehead atoms. The van der Waals surface area contributed by atoms with E-state index in [1.165, 1.54) is 6.07 Å². The van der Waals surface area contributed by atoms with Crippen LogP contribution in [-0.4, -0.2) is 10.0 Å². The summed E-state index contributed by atoms with van der Waals surface area (Å²) >= 11 is 6.55. The molecule has 2 rings (SSSR count). The Labute approximate surface area is 138 Å². The van der Waals surface area contributed by atoms with E-state index in [1.807, 2.05) is 12.1 Å². The Bertz CT molecular complexity index is 682. The van der Waals surface area contributed by atoms with Crippen molar-refractivity contribution < 1.29 is 10.0 Å². The van der Waals surface area contributed by atoms with Gasteiger partial charge in [0, 0.05) is 23.9 Å². The Hall–Kier alpha value is -1.60. The molecule has 0 aliphatic carbocycles. The van der Waals surface area contributed by atoms with Gasteiger partial charge in [-0.3, -0.25) is 10.1 Å². The van der Waals surface area contributed by atoms with Gasteiger partial charge in [0.2, 0.25) is 0 Å². The van der Waals surface area contributed by atoms with Gasteiger partial charge in [0.05, 0.1) is 13.9 Å². The highest BCUT2D eigenvalue weighted by atomic mass is 79.9. The zero-order valence-corrected chi connectivity index (χ0v) is 14.2. The van der Waals surface area contributed by atoms with Gasteiger partial charge in [0.15, 0.2) is 0 Å². The summed E-state index contributed by atoms with van der Waals surface area (Å²) < 4.78 is 1.21. The molecule has 2 N–H and O–H groups in total. The summed E-state index contributed by atoms with van der Waals surface area (Å²) in [5.41, 5.74) is 2.48. The van der Waals surface area contributed by atoms with Crippen LogP contribution in [0.5, 0.6) is 5.75 Å². The number of phenolic OH excluding ortho intramolecular Hbond substituents is 1. The third-order valence-corrected chi connectivity index (χ3v) is 4.18. The molecule has 110 valence electrons. The molecule has 0 aliphatic rings. The van der Waals surface area contributed by atoms with E-state index in [0.29, 0.717) is 21.1 Å². The number of benzene rings is 2. The number of hydrogen-bond acceptors (Lipinski definition) is 4. The maximum Gasteiger partial charge on any atom is 0.272 e. The standard InChI is InChI=1S/C14H12Br2N2O3/c1-8-4-10(2-3-13(8)18(20)21)17-7-9-5-11(15)14(19)12(16)6-9/h2-6,17,19H,7H2,1H3. The lowest BCUT2D eigenvalue weighted by atomic mass is 10.1. The lowest BCUT2D eigenvalue weighted by Crippen LogP contribution is -2.01. The van der Waals surface area contributed by atoms with Gasteiger partial charge >= 0.3 is 0 Å². The molecule has 0 radical (unpaired) electrons. The van der Waals surface area contributed by atoms with Crippen LogP contribution in [0, 0.1) is 17.0 Å². The predicted octanol–water partition coefficient (Wildman–Crippen LogP) is 4.75. The summed E-state index contributed by atoms with van der Waals surface area (Å²) in [5.74, 6) is 0.157. The van der Waals surface area contributed by atoms with Gasteiger partial charge in [-0.25, -0.2) is 0 Å². The van der Waals surface area contributed by atoms with Gasteiger partial charge in [0.25, 0.3) is 5.69 Å². The molecular formula is C14H12Br2N2O3. The van der Waals surface area contributed by atoms with Crippen LogP contribution in [0.4, 0.5) is 11.4 Å². The Morgan fingerprint density at radius 3 is 2.38 bits per heavy atom. The maximum atomic E-state index is 10.8. The van der Waals surface area contributed by atoms with Crippen molar-refractivity contribution in [1.29, 1.82) is 0 Å². The van der Waals surface area contributed by atoms with E-state index in [1.54, 1.807) is 19.1 Å². The molecule has 0 aliphatic heterocycles. The minimum absolute atomic E-state index is 0.107. The summed E-state index contributed by atoms with van der Waals surface area (Å²) in [5, 5.41) is 23.6. The monoisotopic (exact) mass is 414 g/mol.